The molecule has 16 heteroatoms. The molecule has 2 fully saturated rings. The van der Waals surface area contributed by atoms with Gasteiger partial charge in [-0.05, 0) is 42.7 Å². The topological polar surface area (TPSA) is 209 Å². The fraction of sp³-hybridized carbons (Fsp3) is 0.553. The molecule has 2 saturated carbocycles. The minimum atomic E-state index is -5.09. The van der Waals surface area contributed by atoms with Gasteiger partial charge in [0.15, 0.2) is 11.9 Å². The van der Waals surface area contributed by atoms with Gasteiger partial charge in [0.05, 0.1) is 0 Å². The van der Waals surface area contributed by atoms with Gasteiger partial charge in [0, 0.05) is 29.7 Å². The zero-order valence-electron chi connectivity index (χ0n) is 32.6. The third-order valence-electron chi connectivity index (χ3n) is 8.80. The first kappa shape index (κ1) is 45.9. The zero-order chi connectivity index (χ0) is 41.1. The first-order valence-electron chi connectivity index (χ1n) is 17.8. The van der Waals surface area contributed by atoms with Crippen molar-refractivity contribution < 1.29 is 46.9 Å². The molecule has 0 aliphatic heterocycles. The Kier molecular flexibility index (Phi) is 16.4. The molecule has 2 aromatic carbocycles. The van der Waals surface area contributed by atoms with Crippen molar-refractivity contribution in [3.05, 3.63) is 85.4 Å². The number of hydrogen-bond donors (Lipinski definition) is 0. The smallest absolute Gasteiger partial charge is 0.303 e. The van der Waals surface area contributed by atoms with Crippen molar-refractivity contribution in [3.8, 4) is 0 Å². The minimum absolute atomic E-state index is 0.0918. The van der Waals surface area contributed by atoms with Crippen LogP contribution in [0.4, 0.5) is 0 Å². The molecule has 4 rings (SSSR count). The SMILES string of the molecule is CC(=O)[O][Pb]([O]C(C)=O)([O]C(C)=O)[c]1cccc(C(C)(C)C)c1.CC(C)(C)c1cccc(C2([N+](=O)[O-])CCCCC2=O)c1.O=C1CCCCC1O[N+](=O)[O-]. The van der Waals surface area contributed by atoms with Crippen molar-refractivity contribution in [1.29, 1.82) is 0 Å². The van der Waals surface area contributed by atoms with Crippen molar-refractivity contribution in [3.63, 3.8) is 0 Å². The van der Waals surface area contributed by atoms with Crippen LogP contribution < -0.4 is 3.12 Å². The Balaban J connectivity index is 0.000000296. The molecule has 0 amide bonds. The number of nitrogens with zero attached hydrogens (tertiary/aromatic N) is 2. The van der Waals surface area contributed by atoms with Crippen LogP contribution in [0.1, 0.15) is 130 Å². The minimum Gasteiger partial charge on any atom is -0.303 e. The molecule has 54 heavy (non-hydrogen) atoms. The van der Waals surface area contributed by atoms with Gasteiger partial charge in [-0.1, -0.05) is 45.4 Å². The zero-order valence-corrected chi connectivity index (χ0v) is 36.4. The Morgan fingerprint density at radius 2 is 1.24 bits per heavy atom. The van der Waals surface area contributed by atoms with Crippen LogP contribution in [0.15, 0.2) is 48.5 Å². The summed E-state index contributed by atoms with van der Waals surface area (Å²) in [5, 5.41) is 20.6. The molecular formula is C38H52N2O13Pb. The van der Waals surface area contributed by atoms with E-state index in [1.807, 2.05) is 45.0 Å². The number of Topliss-reactive ketones (excluding diaryl/α,β-unsaturated/α-hetero) is 2. The van der Waals surface area contributed by atoms with E-state index in [-0.39, 0.29) is 27.3 Å². The van der Waals surface area contributed by atoms with Crippen LogP contribution in [0.2, 0.25) is 0 Å². The summed E-state index contributed by atoms with van der Waals surface area (Å²) in [4.78, 5) is 83.0. The molecule has 0 bridgehead atoms. The van der Waals surface area contributed by atoms with Crippen LogP contribution in [0, 0.1) is 20.2 Å². The van der Waals surface area contributed by atoms with Gasteiger partial charge >= 0.3 is 148 Å². The van der Waals surface area contributed by atoms with Gasteiger partial charge in [-0.3, -0.25) is 19.7 Å². The first-order chi connectivity index (χ1) is 24.9. The van der Waals surface area contributed by atoms with Crippen molar-refractivity contribution in [2.75, 3.05) is 0 Å². The maximum Gasteiger partial charge on any atom is 0.304 e. The second kappa shape index (κ2) is 19.3. The standard InChI is InChI=1S/C16H21NO3.C10H13.C6H9NO4.3C2H4O2.Pb/c1-15(2,3)12-7-6-8-13(11-12)16(17(19)20)10-5-4-9-14(16)18;1-10(2,3)9-7-5-4-6-8-9;8-5-3-1-2-4-6(5)11-7(9)10;3*1-2(3)4;/h6-8,11H,4-5,9-10H2,1-3H3;4-5,7-8H,1-3H3;6H,1-4H2;3*1H3,(H,3,4);/q;;;;;;+3/p-3. The van der Waals surface area contributed by atoms with Crippen LogP contribution in [-0.4, -0.2) is 68.1 Å². The Hall–Kier alpha value is -4.29. The number of hydrogen-bond acceptors (Lipinski definition) is 13. The van der Waals surface area contributed by atoms with Crippen LogP contribution in [-0.2, 0) is 53.2 Å². The second-order valence-corrected chi connectivity index (χ2v) is 24.2. The van der Waals surface area contributed by atoms with Gasteiger partial charge in [-0.2, -0.15) is 0 Å². The number of nitro groups is 1. The summed E-state index contributed by atoms with van der Waals surface area (Å²) in [6, 6.07) is 14.5. The molecule has 2 unspecified atom stereocenters. The monoisotopic (exact) mass is 952 g/mol. The molecule has 0 saturated heterocycles. The van der Waals surface area contributed by atoms with E-state index in [9.17, 15) is 44.2 Å². The third-order valence-corrected chi connectivity index (χ3v) is 19.2. The molecule has 15 nitrogen and oxygen atoms in total. The molecule has 2 aromatic rings. The van der Waals surface area contributed by atoms with E-state index < -0.39 is 57.2 Å². The molecule has 2 atom stereocenters. The maximum atomic E-state index is 12.3. The van der Waals surface area contributed by atoms with Crippen molar-refractivity contribution in [1.82, 2.24) is 0 Å². The summed E-state index contributed by atoms with van der Waals surface area (Å²) < 4.78 is 16.4. The van der Waals surface area contributed by atoms with E-state index in [4.69, 9.17) is 8.06 Å². The normalized spacial score (nSPS) is 18.7. The van der Waals surface area contributed by atoms with Gasteiger partial charge in [-0.25, -0.2) is 0 Å². The third kappa shape index (κ3) is 12.9. The van der Waals surface area contributed by atoms with E-state index in [1.165, 1.54) is 20.8 Å². The van der Waals surface area contributed by atoms with Gasteiger partial charge < -0.3 is 4.84 Å². The van der Waals surface area contributed by atoms with Crippen molar-refractivity contribution >= 4 is 55.1 Å². The second-order valence-electron chi connectivity index (χ2n) is 15.3. The molecule has 0 radical (unpaired) electrons. The summed E-state index contributed by atoms with van der Waals surface area (Å²) >= 11 is -5.09. The maximum absolute atomic E-state index is 12.3. The number of benzene rings is 2. The van der Waals surface area contributed by atoms with Crippen LogP contribution in [0.25, 0.3) is 0 Å². The molecule has 0 aromatic heterocycles. The van der Waals surface area contributed by atoms with Crippen LogP contribution >= 0.6 is 0 Å². The van der Waals surface area contributed by atoms with Crippen LogP contribution in [0.3, 0.4) is 0 Å². The van der Waals surface area contributed by atoms with E-state index in [2.05, 4.69) is 25.6 Å². The molecule has 0 heterocycles. The van der Waals surface area contributed by atoms with E-state index in [0.29, 0.717) is 34.4 Å². The van der Waals surface area contributed by atoms with Gasteiger partial charge in [-0.15, -0.1) is 10.1 Å². The number of carbonyl (C=O) groups excluding carboxylic acids is 5. The number of rotatable bonds is 8. The molecule has 0 spiro atoms. The predicted molar refractivity (Wildman–Crippen MR) is 198 cm³/mol. The number of ketones is 2. The van der Waals surface area contributed by atoms with Gasteiger partial charge in [0.25, 0.3) is 5.09 Å². The Morgan fingerprint density at radius 3 is 1.69 bits per heavy atom. The molecule has 2 aliphatic carbocycles. The average molecular weight is 952 g/mol. The summed E-state index contributed by atoms with van der Waals surface area (Å²) in [5.74, 6) is -2.37. The fourth-order valence-corrected chi connectivity index (χ4v) is 14.7. The Bertz CT molecular complexity index is 1670. The number of carbonyl (C=O) groups is 5. The van der Waals surface area contributed by atoms with Crippen molar-refractivity contribution in [2.45, 2.75) is 136 Å². The average Bonchev–Trinajstić information content (AvgIpc) is 3.05. The van der Waals surface area contributed by atoms with Crippen molar-refractivity contribution in [2.24, 2.45) is 0 Å². The molecule has 2 aliphatic rings. The Morgan fingerprint density at radius 1 is 0.741 bits per heavy atom. The quantitative estimate of drug-likeness (QED) is 0.166. The van der Waals surface area contributed by atoms with Gasteiger partial charge in [0.2, 0.25) is 5.78 Å². The van der Waals surface area contributed by atoms with E-state index in [0.717, 1.165) is 36.8 Å². The first-order valence-corrected chi connectivity index (χ1v) is 24.5. The van der Waals surface area contributed by atoms with Gasteiger partial charge in [0.1, 0.15) is 0 Å². The van der Waals surface area contributed by atoms with E-state index in [1.54, 1.807) is 24.3 Å². The Labute approximate surface area is 322 Å². The summed E-state index contributed by atoms with van der Waals surface area (Å²) in [6.45, 7) is 15.8. The molecular weight excluding hydrogens is 900 g/mol. The predicted octanol–water partition coefficient (Wildman–Crippen LogP) is 6.12. The summed E-state index contributed by atoms with van der Waals surface area (Å²) in [5.41, 5.74) is 0.726. The molecule has 0 N–H and O–H groups in total. The van der Waals surface area contributed by atoms with E-state index >= 15 is 0 Å². The molecule has 296 valence electrons. The summed E-state index contributed by atoms with van der Waals surface area (Å²) in [7, 11) is 0. The fourth-order valence-electron chi connectivity index (χ4n) is 6.01. The largest absolute Gasteiger partial charge is 0.304 e. The summed E-state index contributed by atoms with van der Waals surface area (Å²) in [6.07, 6.45) is 3.88. The van der Waals surface area contributed by atoms with Crippen LogP contribution in [0.5, 0.6) is 0 Å².